The fourth-order valence-electron chi connectivity index (χ4n) is 3.06. The second-order valence-corrected chi connectivity index (χ2v) is 6.23. The number of hydrogen-bond donors (Lipinski definition) is 1. The molecule has 0 aromatic carbocycles. The van der Waals surface area contributed by atoms with E-state index in [9.17, 15) is 4.79 Å². The maximum Gasteiger partial charge on any atom is 0.224 e. The van der Waals surface area contributed by atoms with E-state index in [-0.39, 0.29) is 5.54 Å². The van der Waals surface area contributed by atoms with Crippen molar-refractivity contribution in [1.82, 2.24) is 10.2 Å². The van der Waals surface area contributed by atoms with E-state index in [0.717, 1.165) is 19.5 Å². The monoisotopic (exact) mass is 224 g/mol. The molecule has 2 aliphatic heterocycles. The molecule has 2 atom stereocenters. The minimum atomic E-state index is -0.0487. The summed E-state index contributed by atoms with van der Waals surface area (Å²) in [5.74, 6) is 1.80. The van der Waals surface area contributed by atoms with Crippen molar-refractivity contribution in [3.8, 4) is 0 Å². The van der Waals surface area contributed by atoms with E-state index in [2.05, 4.69) is 38.0 Å². The molecule has 2 bridgehead atoms. The fourth-order valence-corrected chi connectivity index (χ4v) is 3.06. The highest BCUT2D eigenvalue weighted by Crippen LogP contribution is 2.45. The Balaban J connectivity index is 1.93. The van der Waals surface area contributed by atoms with Crippen LogP contribution in [-0.4, -0.2) is 36.5 Å². The summed E-state index contributed by atoms with van der Waals surface area (Å²) >= 11 is 0. The number of piperidine rings is 2. The lowest BCUT2D eigenvalue weighted by Gasteiger charge is -2.52. The molecular weight excluding hydrogens is 200 g/mol. The van der Waals surface area contributed by atoms with E-state index in [0.29, 0.717) is 23.7 Å². The molecule has 3 rings (SSSR count). The average molecular weight is 224 g/mol. The van der Waals surface area contributed by atoms with Gasteiger partial charge >= 0.3 is 0 Å². The summed E-state index contributed by atoms with van der Waals surface area (Å²) < 4.78 is 0. The summed E-state index contributed by atoms with van der Waals surface area (Å²) in [5, 5.41) is 3.19. The maximum atomic E-state index is 12.2. The summed E-state index contributed by atoms with van der Waals surface area (Å²) in [7, 11) is 2.16. The molecule has 0 aromatic heterocycles. The summed E-state index contributed by atoms with van der Waals surface area (Å²) in [6, 6.07) is 0. The third kappa shape index (κ3) is 2.10. The van der Waals surface area contributed by atoms with Crippen LogP contribution < -0.4 is 5.32 Å². The Kier molecular flexibility index (Phi) is 2.99. The van der Waals surface area contributed by atoms with Gasteiger partial charge in [0.25, 0.3) is 0 Å². The Morgan fingerprint density at radius 1 is 1.38 bits per heavy atom. The Morgan fingerprint density at radius 3 is 2.44 bits per heavy atom. The Hall–Kier alpha value is -0.570. The molecule has 1 saturated carbocycles. The van der Waals surface area contributed by atoms with E-state index in [1.807, 2.05) is 0 Å². The molecule has 2 unspecified atom stereocenters. The van der Waals surface area contributed by atoms with Crippen molar-refractivity contribution in [1.29, 1.82) is 0 Å². The average Bonchev–Trinajstić information content (AvgIpc) is 2.15. The van der Waals surface area contributed by atoms with Crippen LogP contribution in [0.3, 0.4) is 0 Å². The molecule has 3 nitrogen and oxygen atoms in total. The van der Waals surface area contributed by atoms with E-state index < -0.39 is 0 Å². The van der Waals surface area contributed by atoms with Crippen LogP contribution >= 0.6 is 0 Å². The van der Waals surface area contributed by atoms with E-state index in [1.165, 1.54) is 6.42 Å². The van der Waals surface area contributed by atoms with Crippen molar-refractivity contribution >= 4 is 5.91 Å². The number of nitrogens with one attached hydrogen (secondary N) is 1. The first-order valence-electron chi connectivity index (χ1n) is 6.43. The minimum Gasteiger partial charge on any atom is -0.351 e. The van der Waals surface area contributed by atoms with Crippen molar-refractivity contribution in [2.75, 3.05) is 20.1 Å². The van der Waals surface area contributed by atoms with E-state index in [4.69, 9.17) is 0 Å². The van der Waals surface area contributed by atoms with Crippen LogP contribution in [0.25, 0.3) is 0 Å². The molecule has 1 N–H and O–H groups in total. The first-order chi connectivity index (χ1) is 7.43. The predicted octanol–water partition coefficient (Wildman–Crippen LogP) is 1.49. The molecule has 3 aliphatic rings. The maximum absolute atomic E-state index is 12.2. The zero-order valence-electron chi connectivity index (χ0n) is 10.9. The number of nitrogens with zero attached hydrogens (tertiary/aromatic N) is 1. The topological polar surface area (TPSA) is 32.3 Å². The molecule has 0 aromatic rings. The first-order valence-corrected chi connectivity index (χ1v) is 6.43. The van der Waals surface area contributed by atoms with Gasteiger partial charge in [0.1, 0.15) is 0 Å². The molecule has 16 heavy (non-hydrogen) atoms. The molecule has 1 amide bonds. The standard InChI is InChI=1S/C13H24N2O/c1-5-13(2,3)14-12(16)11-9-6-10(11)8-15(4)7-9/h9-11H,5-8H2,1-4H3,(H,14,16). The summed E-state index contributed by atoms with van der Waals surface area (Å²) in [5.41, 5.74) is -0.0487. The quantitative estimate of drug-likeness (QED) is 0.787. The number of amides is 1. The lowest BCUT2D eigenvalue weighted by atomic mass is 9.61. The molecule has 3 heteroatoms. The van der Waals surface area contributed by atoms with Gasteiger partial charge in [-0.25, -0.2) is 0 Å². The predicted molar refractivity (Wildman–Crippen MR) is 65.1 cm³/mol. The minimum absolute atomic E-state index is 0.0487. The van der Waals surface area contributed by atoms with Crippen LogP contribution in [0, 0.1) is 17.8 Å². The van der Waals surface area contributed by atoms with Gasteiger partial charge in [0.05, 0.1) is 0 Å². The second-order valence-electron chi connectivity index (χ2n) is 6.23. The van der Waals surface area contributed by atoms with Gasteiger partial charge in [-0.2, -0.15) is 0 Å². The zero-order chi connectivity index (χ0) is 11.9. The fraction of sp³-hybridized carbons (Fsp3) is 0.923. The van der Waals surface area contributed by atoms with Gasteiger partial charge in [-0.1, -0.05) is 6.92 Å². The smallest absolute Gasteiger partial charge is 0.224 e. The lowest BCUT2D eigenvalue weighted by Crippen LogP contribution is -2.60. The van der Waals surface area contributed by atoms with Gasteiger partial charge in [-0.15, -0.1) is 0 Å². The van der Waals surface area contributed by atoms with E-state index in [1.54, 1.807) is 0 Å². The highest BCUT2D eigenvalue weighted by Gasteiger charge is 2.49. The highest BCUT2D eigenvalue weighted by atomic mass is 16.2. The molecular formula is C13H24N2O. The van der Waals surface area contributed by atoms with Crippen LogP contribution in [-0.2, 0) is 4.79 Å². The van der Waals surface area contributed by atoms with Gasteiger partial charge in [0.2, 0.25) is 5.91 Å². The van der Waals surface area contributed by atoms with Crippen molar-refractivity contribution in [2.24, 2.45) is 17.8 Å². The normalized spacial score (nSPS) is 34.4. The van der Waals surface area contributed by atoms with Gasteiger partial charge in [0, 0.05) is 24.5 Å². The van der Waals surface area contributed by atoms with Crippen LogP contribution in [0.1, 0.15) is 33.6 Å². The largest absolute Gasteiger partial charge is 0.351 e. The molecule has 3 fully saturated rings. The Morgan fingerprint density at radius 2 is 1.94 bits per heavy atom. The SMILES string of the molecule is CCC(C)(C)NC(=O)C1C2CC1CN(C)C2. The molecule has 0 spiro atoms. The second kappa shape index (κ2) is 4.02. The summed E-state index contributed by atoms with van der Waals surface area (Å²) in [6.45, 7) is 8.52. The Labute approximate surface area is 98.6 Å². The van der Waals surface area contributed by atoms with Gasteiger partial charge in [-0.05, 0) is 45.6 Å². The Bertz CT molecular complexity index is 276. The van der Waals surface area contributed by atoms with Crippen LogP contribution in [0.15, 0.2) is 0 Å². The summed E-state index contributed by atoms with van der Waals surface area (Å²) in [6.07, 6.45) is 2.25. The number of hydrogen-bond acceptors (Lipinski definition) is 2. The van der Waals surface area contributed by atoms with E-state index >= 15 is 0 Å². The van der Waals surface area contributed by atoms with Crippen LogP contribution in [0.4, 0.5) is 0 Å². The van der Waals surface area contributed by atoms with Gasteiger partial charge in [-0.3, -0.25) is 4.79 Å². The van der Waals surface area contributed by atoms with Crippen molar-refractivity contribution in [3.63, 3.8) is 0 Å². The van der Waals surface area contributed by atoms with Gasteiger partial charge in [0.15, 0.2) is 0 Å². The number of carbonyl (C=O) groups is 1. The third-order valence-electron chi connectivity index (χ3n) is 4.36. The zero-order valence-corrected chi connectivity index (χ0v) is 10.9. The van der Waals surface area contributed by atoms with Crippen molar-refractivity contribution in [3.05, 3.63) is 0 Å². The number of fused-ring (bicyclic) bond motifs is 2. The number of carbonyl (C=O) groups excluding carboxylic acids is 1. The molecule has 92 valence electrons. The lowest BCUT2D eigenvalue weighted by molar-refractivity contribution is -0.142. The molecule has 2 heterocycles. The molecule has 0 radical (unpaired) electrons. The van der Waals surface area contributed by atoms with Crippen molar-refractivity contribution in [2.45, 2.75) is 39.2 Å². The highest BCUT2D eigenvalue weighted by molar-refractivity contribution is 5.81. The first kappa shape index (κ1) is 11.9. The third-order valence-corrected chi connectivity index (χ3v) is 4.36. The number of rotatable bonds is 3. The van der Waals surface area contributed by atoms with Gasteiger partial charge < -0.3 is 10.2 Å². The van der Waals surface area contributed by atoms with Crippen LogP contribution in [0.5, 0.6) is 0 Å². The van der Waals surface area contributed by atoms with Crippen LogP contribution in [0.2, 0.25) is 0 Å². The molecule has 1 aliphatic carbocycles. The summed E-state index contributed by atoms with van der Waals surface area (Å²) in [4.78, 5) is 14.5. The molecule has 2 saturated heterocycles. The van der Waals surface area contributed by atoms with Crippen molar-refractivity contribution < 1.29 is 4.79 Å².